The summed E-state index contributed by atoms with van der Waals surface area (Å²) in [5.41, 5.74) is 3.50. The van der Waals surface area contributed by atoms with Crippen LogP contribution in [0.5, 0.6) is 0 Å². The maximum atomic E-state index is 4.19. The topological polar surface area (TPSA) is 41.9 Å². The van der Waals surface area contributed by atoms with Crippen molar-refractivity contribution in [1.29, 1.82) is 0 Å². The number of hydrogen-bond donors (Lipinski definition) is 0. The lowest BCUT2D eigenvalue weighted by molar-refractivity contribution is 0.849. The Labute approximate surface area is 101 Å². The molecule has 0 spiro atoms. The molecule has 2 aromatic rings. The molecule has 0 amide bonds. The zero-order valence-corrected chi connectivity index (χ0v) is 10.4. The van der Waals surface area contributed by atoms with Crippen molar-refractivity contribution in [2.24, 2.45) is 0 Å². The van der Waals surface area contributed by atoms with E-state index >= 15 is 0 Å². The van der Waals surface area contributed by atoms with Crippen LogP contribution in [0.25, 0.3) is 0 Å². The van der Waals surface area contributed by atoms with E-state index in [0.29, 0.717) is 0 Å². The molecule has 0 aliphatic carbocycles. The third-order valence-electron chi connectivity index (χ3n) is 2.83. The van der Waals surface area contributed by atoms with E-state index in [1.165, 1.54) is 5.56 Å². The van der Waals surface area contributed by atoms with Gasteiger partial charge in [0.1, 0.15) is 0 Å². The molecule has 0 aliphatic rings. The monoisotopic (exact) mass is 228 g/mol. The molecule has 4 nitrogen and oxygen atoms in total. The molecule has 0 bridgehead atoms. The predicted molar refractivity (Wildman–Crippen MR) is 67.9 cm³/mol. The Kier molecular flexibility index (Phi) is 3.32. The van der Waals surface area contributed by atoms with Crippen molar-refractivity contribution in [1.82, 2.24) is 15.2 Å². The van der Waals surface area contributed by atoms with Crippen LogP contribution in [-0.4, -0.2) is 22.2 Å². The van der Waals surface area contributed by atoms with Gasteiger partial charge in [-0.2, -0.15) is 5.10 Å². The average molecular weight is 228 g/mol. The highest BCUT2D eigenvalue weighted by molar-refractivity contribution is 5.47. The van der Waals surface area contributed by atoms with Gasteiger partial charge < -0.3 is 4.90 Å². The van der Waals surface area contributed by atoms with Crippen molar-refractivity contribution >= 4 is 5.82 Å². The van der Waals surface area contributed by atoms with Crippen LogP contribution in [0.15, 0.2) is 30.7 Å². The summed E-state index contributed by atoms with van der Waals surface area (Å²) in [5.74, 6) is 0.925. The third-order valence-corrected chi connectivity index (χ3v) is 2.83. The lowest BCUT2D eigenvalue weighted by Gasteiger charge is -2.20. The number of pyridine rings is 1. The van der Waals surface area contributed by atoms with Gasteiger partial charge in [0.15, 0.2) is 5.82 Å². The maximum absolute atomic E-state index is 4.19. The largest absolute Gasteiger partial charge is 0.354 e. The summed E-state index contributed by atoms with van der Waals surface area (Å²) in [5, 5.41) is 8.19. The van der Waals surface area contributed by atoms with Crippen molar-refractivity contribution in [2.75, 3.05) is 11.9 Å². The van der Waals surface area contributed by atoms with E-state index < -0.39 is 0 Å². The van der Waals surface area contributed by atoms with Gasteiger partial charge in [-0.15, -0.1) is 5.10 Å². The van der Waals surface area contributed by atoms with Crippen molar-refractivity contribution in [3.8, 4) is 0 Å². The van der Waals surface area contributed by atoms with Gasteiger partial charge in [-0.3, -0.25) is 4.98 Å². The smallest absolute Gasteiger partial charge is 0.154 e. The zero-order chi connectivity index (χ0) is 12.3. The summed E-state index contributed by atoms with van der Waals surface area (Å²) in [6.45, 7) is 4.90. The van der Waals surface area contributed by atoms with Crippen molar-refractivity contribution < 1.29 is 0 Å². The first-order chi connectivity index (χ1) is 8.18. The van der Waals surface area contributed by atoms with Gasteiger partial charge in [0.2, 0.25) is 0 Å². The van der Waals surface area contributed by atoms with E-state index in [2.05, 4.69) is 33.1 Å². The normalized spacial score (nSPS) is 10.3. The highest BCUT2D eigenvalue weighted by Crippen LogP contribution is 2.18. The molecule has 0 aliphatic heterocycles. The van der Waals surface area contributed by atoms with E-state index in [-0.39, 0.29) is 0 Å². The van der Waals surface area contributed by atoms with E-state index in [1.807, 2.05) is 26.2 Å². The molecule has 0 atom stereocenters. The molecule has 0 saturated heterocycles. The quantitative estimate of drug-likeness (QED) is 0.807. The Morgan fingerprint density at radius 2 is 2.06 bits per heavy atom. The van der Waals surface area contributed by atoms with Crippen LogP contribution in [0.1, 0.15) is 16.7 Å². The van der Waals surface area contributed by atoms with Crippen LogP contribution < -0.4 is 4.90 Å². The number of aromatic nitrogens is 3. The highest BCUT2D eigenvalue weighted by atomic mass is 15.2. The summed E-state index contributed by atoms with van der Waals surface area (Å²) in [4.78, 5) is 6.20. The van der Waals surface area contributed by atoms with Crippen LogP contribution in [0.2, 0.25) is 0 Å². The van der Waals surface area contributed by atoms with Gasteiger partial charge >= 0.3 is 0 Å². The van der Waals surface area contributed by atoms with Crippen molar-refractivity contribution in [2.45, 2.75) is 20.4 Å². The summed E-state index contributed by atoms with van der Waals surface area (Å²) in [7, 11) is 2.02. The zero-order valence-electron chi connectivity index (χ0n) is 10.4. The molecule has 2 aromatic heterocycles. The Morgan fingerprint density at radius 1 is 1.24 bits per heavy atom. The molecule has 0 radical (unpaired) electrons. The molecule has 0 saturated carbocycles. The standard InChI is InChI=1S/C13H16N4/c1-10-7-15-16-13(11(10)2)17(3)9-12-5-4-6-14-8-12/h4-8H,9H2,1-3H3. The molecule has 88 valence electrons. The second-order valence-electron chi connectivity index (χ2n) is 4.19. The summed E-state index contributed by atoms with van der Waals surface area (Å²) in [6, 6.07) is 4.00. The molecule has 17 heavy (non-hydrogen) atoms. The number of rotatable bonds is 3. The lowest BCUT2D eigenvalue weighted by Crippen LogP contribution is -2.19. The molecule has 0 aromatic carbocycles. The Bertz CT molecular complexity index is 496. The second-order valence-corrected chi connectivity index (χ2v) is 4.19. The minimum Gasteiger partial charge on any atom is -0.354 e. The highest BCUT2D eigenvalue weighted by Gasteiger charge is 2.09. The summed E-state index contributed by atoms with van der Waals surface area (Å²) in [6.07, 6.45) is 5.44. The van der Waals surface area contributed by atoms with Crippen LogP contribution in [-0.2, 0) is 6.54 Å². The number of aryl methyl sites for hydroxylation is 1. The number of hydrogen-bond acceptors (Lipinski definition) is 4. The van der Waals surface area contributed by atoms with E-state index in [0.717, 1.165) is 23.5 Å². The first-order valence-electron chi connectivity index (χ1n) is 5.57. The minimum absolute atomic E-state index is 0.785. The van der Waals surface area contributed by atoms with Crippen LogP contribution in [0.3, 0.4) is 0 Å². The van der Waals surface area contributed by atoms with Gasteiger partial charge in [0.05, 0.1) is 6.20 Å². The van der Waals surface area contributed by atoms with Crippen LogP contribution in [0.4, 0.5) is 5.82 Å². The first kappa shape index (κ1) is 11.5. The molecular weight excluding hydrogens is 212 g/mol. The predicted octanol–water partition coefficient (Wildman–Crippen LogP) is 2.12. The minimum atomic E-state index is 0.785. The van der Waals surface area contributed by atoms with Crippen molar-refractivity contribution in [3.05, 3.63) is 47.4 Å². The number of nitrogens with zero attached hydrogens (tertiary/aromatic N) is 4. The van der Waals surface area contributed by atoms with Gasteiger partial charge in [0.25, 0.3) is 0 Å². The van der Waals surface area contributed by atoms with Crippen LogP contribution in [0, 0.1) is 13.8 Å². The van der Waals surface area contributed by atoms with Gasteiger partial charge in [-0.05, 0) is 36.6 Å². The first-order valence-corrected chi connectivity index (χ1v) is 5.57. The van der Waals surface area contributed by atoms with E-state index in [4.69, 9.17) is 0 Å². The van der Waals surface area contributed by atoms with E-state index in [9.17, 15) is 0 Å². The Morgan fingerprint density at radius 3 is 2.76 bits per heavy atom. The van der Waals surface area contributed by atoms with Gasteiger partial charge in [-0.25, -0.2) is 0 Å². The number of anilines is 1. The molecule has 2 heterocycles. The fraction of sp³-hybridized carbons (Fsp3) is 0.308. The summed E-state index contributed by atoms with van der Waals surface area (Å²) < 4.78 is 0. The molecule has 0 N–H and O–H groups in total. The molecule has 0 unspecified atom stereocenters. The van der Waals surface area contributed by atoms with Crippen LogP contribution >= 0.6 is 0 Å². The SMILES string of the molecule is Cc1cnnc(N(C)Cc2cccnc2)c1C. The Balaban J connectivity index is 2.20. The van der Waals surface area contributed by atoms with Gasteiger partial charge in [0, 0.05) is 26.0 Å². The molecule has 2 rings (SSSR count). The molecule has 0 fully saturated rings. The second kappa shape index (κ2) is 4.91. The third kappa shape index (κ3) is 2.58. The molecular formula is C13H16N4. The van der Waals surface area contributed by atoms with Gasteiger partial charge in [-0.1, -0.05) is 6.07 Å². The summed E-state index contributed by atoms with van der Waals surface area (Å²) >= 11 is 0. The lowest BCUT2D eigenvalue weighted by atomic mass is 10.2. The maximum Gasteiger partial charge on any atom is 0.154 e. The van der Waals surface area contributed by atoms with Crippen molar-refractivity contribution in [3.63, 3.8) is 0 Å². The molecule has 4 heteroatoms. The average Bonchev–Trinajstić information content (AvgIpc) is 2.34. The fourth-order valence-electron chi connectivity index (χ4n) is 1.72. The van der Waals surface area contributed by atoms with E-state index in [1.54, 1.807) is 12.4 Å². The Hall–Kier alpha value is -1.97. The fourth-order valence-corrected chi connectivity index (χ4v) is 1.72.